The van der Waals surface area contributed by atoms with Gasteiger partial charge in [-0.3, -0.25) is 4.79 Å². The first-order valence-electron chi connectivity index (χ1n) is 6.17. The molecule has 0 aromatic heterocycles. The number of thioether (sulfide) groups is 1. The zero-order chi connectivity index (χ0) is 14.2. The van der Waals surface area contributed by atoms with Crippen LogP contribution in [0.3, 0.4) is 0 Å². The Labute approximate surface area is 122 Å². The topological polar surface area (TPSA) is 72.3 Å². The van der Waals surface area contributed by atoms with Crippen LogP contribution in [0, 0.1) is 0 Å². The highest BCUT2D eigenvalue weighted by Crippen LogP contribution is 2.36. The summed E-state index contributed by atoms with van der Waals surface area (Å²) in [6, 6.07) is 3.26. The summed E-state index contributed by atoms with van der Waals surface area (Å²) in [6.07, 6.45) is 0. The maximum atomic E-state index is 11.6. The second kappa shape index (κ2) is 5.51. The number of nitrogens with zero attached hydrogens (tertiary/aromatic N) is 1. The number of carbonyl (C=O) groups is 1. The van der Waals surface area contributed by atoms with Crippen molar-refractivity contribution >= 4 is 40.6 Å². The van der Waals surface area contributed by atoms with Crippen LogP contribution < -0.4 is 16.4 Å². The average Bonchev–Trinajstić information content (AvgIpc) is 2.25. The van der Waals surface area contributed by atoms with Gasteiger partial charge < -0.3 is 16.4 Å². The van der Waals surface area contributed by atoms with Gasteiger partial charge in [-0.25, -0.2) is 0 Å². The molecular weight excluding hydrogens is 282 g/mol. The fraction of sp³-hybridized carbons (Fsp3) is 0.462. The summed E-state index contributed by atoms with van der Waals surface area (Å²) in [4.78, 5) is 13.7. The number of nitrogens with two attached hydrogens (primary N) is 2. The van der Waals surface area contributed by atoms with Gasteiger partial charge in [-0.05, 0) is 12.1 Å². The molecule has 1 saturated heterocycles. The van der Waals surface area contributed by atoms with Crippen LogP contribution in [0.1, 0.15) is 24.2 Å². The first-order valence-corrected chi connectivity index (χ1v) is 7.49. The lowest BCUT2D eigenvalue weighted by atomic mass is 10.1. The molecule has 19 heavy (non-hydrogen) atoms. The van der Waals surface area contributed by atoms with Gasteiger partial charge in [0.05, 0.1) is 16.3 Å². The number of carbonyl (C=O) groups excluding carboxylic acids is 1. The van der Waals surface area contributed by atoms with E-state index in [2.05, 4.69) is 18.7 Å². The van der Waals surface area contributed by atoms with Crippen molar-refractivity contribution in [2.45, 2.75) is 24.3 Å². The molecule has 104 valence electrons. The Morgan fingerprint density at radius 2 is 1.95 bits per heavy atom. The molecule has 1 aliphatic rings. The Hall–Kier alpha value is -1.07. The van der Waals surface area contributed by atoms with Crippen molar-refractivity contribution in [3.8, 4) is 0 Å². The Kier molecular flexibility index (Phi) is 4.16. The minimum Gasteiger partial charge on any atom is -0.399 e. The van der Waals surface area contributed by atoms with E-state index in [1.807, 2.05) is 11.8 Å². The number of amides is 1. The molecule has 0 aliphatic carbocycles. The predicted octanol–water partition coefficient (Wildman–Crippen LogP) is 2.35. The van der Waals surface area contributed by atoms with E-state index in [4.69, 9.17) is 23.1 Å². The van der Waals surface area contributed by atoms with E-state index in [0.29, 0.717) is 32.5 Å². The maximum absolute atomic E-state index is 11.6. The van der Waals surface area contributed by atoms with Gasteiger partial charge in [-0.2, -0.15) is 11.8 Å². The van der Waals surface area contributed by atoms with Gasteiger partial charge in [0.1, 0.15) is 0 Å². The summed E-state index contributed by atoms with van der Waals surface area (Å²) in [5.74, 6) is -0.497. The molecule has 1 heterocycles. The van der Waals surface area contributed by atoms with Gasteiger partial charge >= 0.3 is 0 Å². The molecule has 1 aromatic rings. The minimum atomic E-state index is -0.497. The molecule has 6 heteroatoms. The minimum absolute atomic E-state index is 0.399. The Balaban J connectivity index is 2.46. The third-order valence-corrected chi connectivity index (χ3v) is 4.60. The Bertz CT molecular complexity index is 499. The fourth-order valence-electron chi connectivity index (χ4n) is 2.49. The van der Waals surface area contributed by atoms with Crippen LogP contribution in [-0.4, -0.2) is 29.5 Å². The van der Waals surface area contributed by atoms with Gasteiger partial charge in [-0.1, -0.05) is 25.4 Å². The van der Waals surface area contributed by atoms with Crippen molar-refractivity contribution in [3.05, 3.63) is 22.7 Å². The zero-order valence-electron chi connectivity index (χ0n) is 11.0. The lowest BCUT2D eigenvalue weighted by Gasteiger charge is -2.37. The molecule has 1 amide bonds. The van der Waals surface area contributed by atoms with Gasteiger partial charge in [0, 0.05) is 29.3 Å². The molecule has 4 N–H and O–H groups in total. The third kappa shape index (κ3) is 3.09. The van der Waals surface area contributed by atoms with Crippen LogP contribution in [0.4, 0.5) is 11.4 Å². The molecule has 4 nitrogen and oxygen atoms in total. The van der Waals surface area contributed by atoms with Crippen LogP contribution in [-0.2, 0) is 0 Å². The largest absolute Gasteiger partial charge is 0.399 e. The van der Waals surface area contributed by atoms with Crippen LogP contribution >= 0.6 is 23.4 Å². The van der Waals surface area contributed by atoms with Crippen LogP contribution in [0.15, 0.2) is 12.1 Å². The van der Waals surface area contributed by atoms with Crippen molar-refractivity contribution < 1.29 is 4.79 Å². The Morgan fingerprint density at radius 1 is 1.37 bits per heavy atom. The van der Waals surface area contributed by atoms with E-state index >= 15 is 0 Å². The number of rotatable bonds is 2. The third-order valence-electron chi connectivity index (χ3n) is 3.09. The van der Waals surface area contributed by atoms with E-state index in [9.17, 15) is 4.79 Å². The Morgan fingerprint density at radius 3 is 2.47 bits per heavy atom. The molecule has 0 bridgehead atoms. The summed E-state index contributed by atoms with van der Waals surface area (Å²) < 4.78 is 0. The number of nitrogen functional groups attached to an aromatic ring is 1. The van der Waals surface area contributed by atoms with Crippen LogP contribution in [0.2, 0.25) is 5.02 Å². The molecule has 2 unspecified atom stereocenters. The summed E-state index contributed by atoms with van der Waals surface area (Å²) in [7, 11) is 0. The summed E-state index contributed by atoms with van der Waals surface area (Å²) in [5, 5.41) is 1.45. The molecule has 2 atom stereocenters. The van der Waals surface area contributed by atoms with E-state index in [1.54, 1.807) is 12.1 Å². The molecule has 1 aromatic carbocycles. The van der Waals surface area contributed by atoms with Crippen molar-refractivity contribution in [2.75, 3.05) is 23.7 Å². The van der Waals surface area contributed by atoms with E-state index < -0.39 is 5.91 Å². The zero-order valence-corrected chi connectivity index (χ0v) is 12.6. The average molecular weight is 300 g/mol. The summed E-state index contributed by atoms with van der Waals surface area (Å²) >= 11 is 8.21. The fourth-order valence-corrected chi connectivity index (χ4v) is 4.16. The van der Waals surface area contributed by atoms with Gasteiger partial charge in [0.25, 0.3) is 5.91 Å². The van der Waals surface area contributed by atoms with Crippen LogP contribution in [0.25, 0.3) is 0 Å². The van der Waals surface area contributed by atoms with Crippen molar-refractivity contribution in [2.24, 2.45) is 5.73 Å². The quantitative estimate of drug-likeness (QED) is 0.822. The monoisotopic (exact) mass is 299 g/mol. The van der Waals surface area contributed by atoms with Crippen molar-refractivity contribution in [3.63, 3.8) is 0 Å². The molecule has 0 spiro atoms. The van der Waals surface area contributed by atoms with Gasteiger partial charge in [-0.15, -0.1) is 0 Å². The maximum Gasteiger partial charge on any atom is 0.250 e. The molecule has 1 fully saturated rings. The second-order valence-corrected chi connectivity index (χ2v) is 7.21. The summed E-state index contributed by atoms with van der Waals surface area (Å²) in [5.41, 5.74) is 12.7. The van der Waals surface area contributed by atoms with Crippen molar-refractivity contribution in [1.29, 1.82) is 0 Å². The number of hydrogen-bond donors (Lipinski definition) is 2. The molecule has 2 rings (SSSR count). The van der Waals surface area contributed by atoms with E-state index in [1.165, 1.54) is 0 Å². The lowest BCUT2D eigenvalue weighted by molar-refractivity contribution is 0.100. The SMILES string of the molecule is CC1CN(c2c(Cl)cc(N)cc2C(N)=O)CC(C)S1. The second-order valence-electron chi connectivity index (χ2n) is 4.93. The lowest BCUT2D eigenvalue weighted by Crippen LogP contribution is -2.41. The van der Waals surface area contributed by atoms with E-state index in [0.717, 1.165) is 13.1 Å². The first kappa shape index (κ1) is 14.3. The molecular formula is C13H18ClN3OS. The van der Waals surface area contributed by atoms with Gasteiger partial charge in [0.2, 0.25) is 0 Å². The number of benzene rings is 1. The number of anilines is 2. The number of hydrogen-bond acceptors (Lipinski definition) is 4. The number of halogens is 1. The highest BCUT2D eigenvalue weighted by atomic mass is 35.5. The summed E-state index contributed by atoms with van der Waals surface area (Å²) in [6.45, 7) is 6.03. The molecule has 1 aliphatic heterocycles. The number of primary amides is 1. The highest BCUT2D eigenvalue weighted by molar-refractivity contribution is 8.00. The smallest absolute Gasteiger partial charge is 0.250 e. The highest BCUT2D eigenvalue weighted by Gasteiger charge is 2.27. The molecule has 0 saturated carbocycles. The van der Waals surface area contributed by atoms with Crippen LogP contribution in [0.5, 0.6) is 0 Å². The van der Waals surface area contributed by atoms with E-state index in [-0.39, 0.29) is 0 Å². The van der Waals surface area contributed by atoms with Gasteiger partial charge in [0.15, 0.2) is 0 Å². The van der Waals surface area contributed by atoms with Crippen molar-refractivity contribution in [1.82, 2.24) is 0 Å². The predicted molar refractivity (Wildman–Crippen MR) is 83.1 cm³/mol. The molecule has 0 radical (unpaired) electrons. The first-order chi connectivity index (χ1) is 8.88. The standard InChI is InChI=1S/C13H18ClN3OS/c1-7-5-17(6-8(2)19-7)12-10(13(16)18)3-9(15)4-11(12)14/h3-4,7-8H,5-6,15H2,1-2H3,(H2,16,18). The normalized spacial score (nSPS) is 23.4.